The molecule has 1 aliphatic heterocycles. The Morgan fingerprint density at radius 3 is 2.44 bits per heavy atom. The molecule has 2 N–H and O–H groups in total. The molecule has 0 aromatic carbocycles. The van der Waals surface area contributed by atoms with Gasteiger partial charge < -0.3 is 20.4 Å². The van der Waals surface area contributed by atoms with Crippen LogP contribution >= 0.6 is 24.0 Å². The van der Waals surface area contributed by atoms with Crippen LogP contribution in [0.4, 0.5) is 0 Å². The molecule has 2 fully saturated rings. The Morgan fingerprint density at radius 2 is 1.85 bits per heavy atom. The highest BCUT2D eigenvalue weighted by molar-refractivity contribution is 14.0. The second kappa shape index (κ2) is 11.7. The van der Waals surface area contributed by atoms with Gasteiger partial charge in [-0.05, 0) is 25.2 Å². The van der Waals surface area contributed by atoms with E-state index in [9.17, 15) is 9.59 Å². The van der Waals surface area contributed by atoms with Crippen LogP contribution in [-0.2, 0) is 9.59 Å². The van der Waals surface area contributed by atoms with E-state index in [1.54, 1.807) is 19.0 Å². The number of nitrogens with zero attached hydrogens (tertiary/aromatic N) is 3. The van der Waals surface area contributed by atoms with Gasteiger partial charge in [0.2, 0.25) is 11.8 Å². The summed E-state index contributed by atoms with van der Waals surface area (Å²) in [5.74, 6) is 1.67. The Kier molecular flexibility index (Phi) is 10.4. The summed E-state index contributed by atoms with van der Waals surface area (Å²) in [4.78, 5) is 32.4. The van der Waals surface area contributed by atoms with Crippen molar-refractivity contribution in [2.75, 3.05) is 40.3 Å². The smallest absolute Gasteiger partial charge is 0.243 e. The monoisotopic (exact) mass is 493 g/mol. The number of amides is 2. The van der Waals surface area contributed by atoms with Crippen molar-refractivity contribution >= 4 is 41.8 Å². The van der Waals surface area contributed by atoms with Crippen LogP contribution in [0.25, 0.3) is 0 Å². The first-order chi connectivity index (χ1) is 12.4. The van der Waals surface area contributed by atoms with E-state index in [1.807, 2.05) is 4.90 Å². The lowest BCUT2D eigenvalue weighted by Crippen LogP contribution is -2.46. The summed E-state index contributed by atoms with van der Waals surface area (Å²) in [7, 11) is 3.46. The second-order valence-electron chi connectivity index (χ2n) is 8.12. The minimum atomic E-state index is -0.0277. The number of halogens is 1. The van der Waals surface area contributed by atoms with Crippen molar-refractivity contribution in [1.82, 2.24) is 20.4 Å². The van der Waals surface area contributed by atoms with Crippen molar-refractivity contribution in [2.24, 2.45) is 16.8 Å². The Morgan fingerprint density at radius 1 is 1.19 bits per heavy atom. The van der Waals surface area contributed by atoms with Crippen LogP contribution in [0.5, 0.6) is 0 Å². The molecule has 2 amide bonds. The van der Waals surface area contributed by atoms with Gasteiger partial charge in [0.15, 0.2) is 5.96 Å². The number of nitrogens with one attached hydrogen (secondary N) is 2. The Hall–Kier alpha value is -1.06. The average Bonchev–Trinajstić information content (AvgIpc) is 3.27. The number of carbonyl (C=O) groups is 2. The fourth-order valence-electron chi connectivity index (χ4n) is 3.44. The highest BCUT2D eigenvalue weighted by atomic mass is 127. The fourth-order valence-corrected chi connectivity index (χ4v) is 3.44. The van der Waals surface area contributed by atoms with Crippen molar-refractivity contribution in [3.63, 3.8) is 0 Å². The predicted molar refractivity (Wildman–Crippen MR) is 119 cm³/mol. The SMILES string of the molecule is CC(C)CNC(=NCC(=O)N(C)C)NC1CCN(C(=O)C2CCCC2)C1.I. The molecule has 1 unspecified atom stereocenters. The van der Waals surface area contributed by atoms with Gasteiger partial charge in [-0.2, -0.15) is 0 Å². The summed E-state index contributed by atoms with van der Waals surface area (Å²) in [5, 5.41) is 6.72. The van der Waals surface area contributed by atoms with Gasteiger partial charge in [-0.25, -0.2) is 4.99 Å². The van der Waals surface area contributed by atoms with E-state index in [2.05, 4.69) is 29.5 Å². The molecule has 1 saturated carbocycles. The fraction of sp³-hybridized carbons (Fsp3) is 0.842. The van der Waals surface area contributed by atoms with Crippen LogP contribution in [-0.4, -0.2) is 73.9 Å². The van der Waals surface area contributed by atoms with E-state index in [0.717, 1.165) is 38.9 Å². The maximum absolute atomic E-state index is 12.6. The highest BCUT2D eigenvalue weighted by Gasteiger charge is 2.32. The molecule has 0 bridgehead atoms. The lowest BCUT2D eigenvalue weighted by molar-refractivity contribution is -0.134. The van der Waals surface area contributed by atoms with Gasteiger partial charge in [0.1, 0.15) is 6.54 Å². The van der Waals surface area contributed by atoms with E-state index in [-0.39, 0.29) is 48.4 Å². The van der Waals surface area contributed by atoms with Gasteiger partial charge in [0, 0.05) is 45.7 Å². The van der Waals surface area contributed by atoms with Crippen molar-refractivity contribution < 1.29 is 9.59 Å². The Balaban J connectivity index is 0.00000364. The number of likely N-dealkylation sites (tertiary alicyclic amines) is 1. The van der Waals surface area contributed by atoms with Gasteiger partial charge in [0.25, 0.3) is 0 Å². The molecule has 27 heavy (non-hydrogen) atoms. The van der Waals surface area contributed by atoms with Crippen LogP contribution in [0, 0.1) is 11.8 Å². The second-order valence-corrected chi connectivity index (χ2v) is 8.12. The summed E-state index contributed by atoms with van der Waals surface area (Å²) in [6, 6.07) is 0.188. The van der Waals surface area contributed by atoms with E-state index >= 15 is 0 Å². The molecule has 0 radical (unpaired) electrons. The van der Waals surface area contributed by atoms with Crippen molar-refractivity contribution in [1.29, 1.82) is 0 Å². The van der Waals surface area contributed by atoms with Gasteiger partial charge in [-0.15, -0.1) is 24.0 Å². The standard InChI is InChI=1S/C19H35N5O2.HI/c1-14(2)11-20-19(21-12-17(25)23(3)4)22-16-9-10-24(13-16)18(26)15-7-5-6-8-15;/h14-16H,5-13H2,1-4H3,(H2,20,21,22);1H. The number of hydrogen-bond acceptors (Lipinski definition) is 3. The molecule has 7 nitrogen and oxygen atoms in total. The first-order valence-electron chi connectivity index (χ1n) is 9.90. The van der Waals surface area contributed by atoms with E-state index in [0.29, 0.717) is 17.8 Å². The van der Waals surface area contributed by atoms with Gasteiger partial charge in [-0.3, -0.25) is 9.59 Å². The summed E-state index contributed by atoms with van der Waals surface area (Å²) < 4.78 is 0. The molecule has 0 aromatic heterocycles. The molecule has 1 aliphatic carbocycles. The van der Waals surface area contributed by atoms with Crippen molar-refractivity contribution in [2.45, 2.75) is 52.0 Å². The van der Waals surface area contributed by atoms with Crippen molar-refractivity contribution in [3.8, 4) is 0 Å². The third kappa shape index (κ3) is 7.83. The summed E-state index contributed by atoms with van der Waals surface area (Å²) in [6.45, 7) is 6.71. The zero-order chi connectivity index (χ0) is 19.1. The molecule has 8 heteroatoms. The minimum absolute atomic E-state index is 0. The summed E-state index contributed by atoms with van der Waals surface area (Å²) in [6.07, 6.45) is 5.37. The number of guanidine groups is 1. The predicted octanol–water partition coefficient (Wildman–Crippen LogP) is 1.67. The van der Waals surface area contributed by atoms with Crippen LogP contribution in [0.2, 0.25) is 0 Å². The van der Waals surface area contributed by atoms with E-state index in [4.69, 9.17) is 0 Å². The molecular weight excluding hydrogens is 457 g/mol. The lowest BCUT2D eigenvalue weighted by atomic mass is 10.1. The minimum Gasteiger partial charge on any atom is -0.356 e. The largest absolute Gasteiger partial charge is 0.356 e. The molecule has 0 aromatic rings. The Bertz CT molecular complexity index is 518. The third-order valence-corrected chi connectivity index (χ3v) is 5.09. The van der Waals surface area contributed by atoms with Gasteiger partial charge in [-0.1, -0.05) is 26.7 Å². The zero-order valence-electron chi connectivity index (χ0n) is 17.2. The highest BCUT2D eigenvalue weighted by Crippen LogP contribution is 2.27. The van der Waals surface area contributed by atoms with Crippen LogP contribution in [0.1, 0.15) is 46.0 Å². The third-order valence-electron chi connectivity index (χ3n) is 5.09. The van der Waals surface area contributed by atoms with Gasteiger partial charge >= 0.3 is 0 Å². The van der Waals surface area contributed by atoms with E-state index in [1.165, 1.54) is 12.8 Å². The van der Waals surface area contributed by atoms with E-state index < -0.39 is 0 Å². The maximum atomic E-state index is 12.6. The normalized spacial score (nSPS) is 20.6. The van der Waals surface area contributed by atoms with Crippen molar-refractivity contribution in [3.05, 3.63) is 0 Å². The topological polar surface area (TPSA) is 77.0 Å². The molecule has 2 aliphatic rings. The number of rotatable bonds is 6. The Labute approximate surface area is 180 Å². The summed E-state index contributed by atoms with van der Waals surface area (Å²) in [5.41, 5.74) is 0. The number of likely N-dealkylation sites (N-methyl/N-ethyl adjacent to an activating group) is 1. The molecular formula is C19H36IN5O2. The van der Waals surface area contributed by atoms with Crippen LogP contribution in [0.15, 0.2) is 4.99 Å². The molecule has 1 atom stereocenters. The molecule has 1 heterocycles. The zero-order valence-corrected chi connectivity index (χ0v) is 19.5. The molecule has 2 rings (SSSR count). The number of carbonyl (C=O) groups excluding carboxylic acids is 2. The molecule has 156 valence electrons. The lowest BCUT2D eigenvalue weighted by Gasteiger charge is -2.22. The first-order valence-corrected chi connectivity index (χ1v) is 9.90. The number of aliphatic imine (C=N–C) groups is 1. The van der Waals surface area contributed by atoms with Crippen LogP contribution in [0.3, 0.4) is 0 Å². The maximum Gasteiger partial charge on any atom is 0.243 e. The average molecular weight is 493 g/mol. The number of hydrogen-bond donors (Lipinski definition) is 2. The molecule has 0 spiro atoms. The molecule has 1 saturated heterocycles. The van der Waals surface area contributed by atoms with Crippen LogP contribution < -0.4 is 10.6 Å². The van der Waals surface area contributed by atoms with Gasteiger partial charge in [0.05, 0.1) is 0 Å². The quantitative estimate of drug-likeness (QED) is 0.336. The summed E-state index contributed by atoms with van der Waals surface area (Å²) >= 11 is 0. The first kappa shape index (κ1) is 24.0.